The number of carbonyl (C=O) groups excluding carboxylic acids is 1. The van der Waals surface area contributed by atoms with Crippen molar-refractivity contribution in [2.24, 2.45) is 0 Å². The molecule has 1 aromatic carbocycles. The van der Waals surface area contributed by atoms with Crippen LogP contribution in [0.2, 0.25) is 0 Å². The molecule has 1 aromatic rings. The smallest absolute Gasteiger partial charge is 0.251 e. The lowest BCUT2D eigenvalue weighted by atomic mass is 10.2. The number of nitrogens with one attached hydrogen (secondary N) is 1. The third-order valence-electron chi connectivity index (χ3n) is 1.99. The maximum Gasteiger partial charge on any atom is 0.251 e. The molecule has 1 amide bonds. The predicted octanol–water partition coefficient (Wildman–Crippen LogP) is 1.20. The molecule has 0 aliphatic heterocycles. The molecule has 16 heavy (non-hydrogen) atoms. The molecule has 1 atom stereocenters. The summed E-state index contributed by atoms with van der Waals surface area (Å²) in [5.74, 6) is 0.554. The van der Waals surface area contributed by atoms with Crippen molar-refractivity contribution in [3.63, 3.8) is 0 Å². The highest BCUT2D eigenvalue weighted by molar-refractivity contribution is 5.94. The van der Waals surface area contributed by atoms with Gasteiger partial charge in [-0.3, -0.25) is 4.79 Å². The molecule has 88 valence electrons. The zero-order valence-electron chi connectivity index (χ0n) is 9.56. The van der Waals surface area contributed by atoms with Gasteiger partial charge in [0.1, 0.15) is 5.75 Å². The van der Waals surface area contributed by atoms with Crippen LogP contribution >= 0.6 is 0 Å². The van der Waals surface area contributed by atoms with Crippen molar-refractivity contribution >= 4 is 5.91 Å². The van der Waals surface area contributed by atoms with Gasteiger partial charge in [-0.15, -0.1) is 0 Å². The molecule has 0 spiro atoms. The molecule has 4 heteroatoms. The lowest BCUT2D eigenvalue weighted by Crippen LogP contribution is -2.30. The average Bonchev–Trinajstić information content (AvgIpc) is 2.27. The third-order valence-corrected chi connectivity index (χ3v) is 1.99. The molecule has 0 radical (unpaired) electrons. The zero-order chi connectivity index (χ0) is 12.0. The van der Waals surface area contributed by atoms with Crippen molar-refractivity contribution in [1.82, 2.24) is 5.32 Å². The molecule has 1 rings (SSSR count). The van der Waals surface area contributed by atoms with Crippen LogP contribution in [0.3, 0.4) is 0 Å². The largest absolute Gasteiger partial charge is 0.494 e. The Kier molecular flexibility index (Phi) is 4.79. The Labute approximate surface area is 95.2 Å². The van der Waals surface area contributed by atoms with E-state index in [0.717, 1.165) is 5.75 Å². The van der Waals surface area contributed by atoms with E-state index >= 15 is 0 Å². The molecule has 0 fully saturated rings. The second-order valence-corrected chi connectivity index (χ2v) is 3.52. The number of carbonyl (C=O) groups is 1. The van der Waals surface area contributed by atoms with Crippen LogP contribution in [0.1, 0.15) is 24.2 Å². The van der Waals surface area contributed by atoms with Crippen LogP contribution in [0.5, 0.6) is 5.75 Å². The van der Waals surface area contributed by atoms with Crippen LogP contribution in [0, 0.1) is 0 Å². The number of rotatable bonds is 5. The van der Waals surface area contributed by atoms with Crippen LogP contribution in [0.4, 0.5) is 0 Å². The zero-order valence-corrected chi connectivity index (χ0v) is 9.56. The SMILES string of the molecule is CCOc1ccc(C(=O)NCC(C)O)cc1. The Balaban J connectivity index is 2.56. The summed E-state index contributed by atoms with van der Waals surface area (Å²) >= 11 is 0. The summed E-state index contributed by atoms with van der Waals surface area (Å²) in [5.41, 5.74) is 0.559. The van der Waals surface area contributed by atoms with Crippen molar-refractivity contribution in [2.75, 3.05) is 13.2 Å². The number of hydrogen-bond acceptors (Lipinski definition) is 3. The molecule has 0 saturated heterocycles. The number of ether oxygens (including phenoxy) is 1. The highest BCUT2D eigenvalue weighted by Crippen LogP contribution is 2.11. The summed E-state index contributed by atoms with van der Waals surface area (Å²) in [6, 6.07) is 6.90. The van der Waals surface area contributed by atoms with E-state index in [-0.39, 0.29) is 12.5 Å². The number of amides is 1. The number of benzene rings is 1. The fourth-order valence-electron chi connectivity index (χ4n) is 1.21. The van der Waals surface area contributed by atoms with Crippen LogP contribution < -0.4 is 10.1 Å². The van der Waals surface area contributed by atoms with E-state index in [0.29, 0.717) is 12.2 Å². The van der Waals surface area contributed by atoms with Crippen LogP contribution in [0.25, 0.3) is 0 Å². The number of aliphatic hydroxyl groups is 1. The molecule has 4 nitrogen and oxygen atoms in total. The van der Waals surface area contributed by atoms with Gasteiger partial charge >= 0.3 is 0 Å². The maximum absolute atomic E-state index is 11.6. The van der Waals surface area contributed by atoms with Crippen LogP contribution in [-0.2, 0) is 0 Å². The van der Waals surface area contributed by atoms with Crippen molar-refractivity contribution < 1.29 is 14.6 Å². The Hall–Kier alpha value is -1.55. The number of hydrogen-bond donors (Lipinski definition) is 2. The normalized spacial score (nSPS) is 11.9. The van der Waals surface area contributed by atoms with E-state index in [4.69, 9.17) is 9.84 Å². The topological polar surface area (TPSA) is 58.6 Å². The van der Waals surface area contributed by atoms with E-state index in [1.165, 1.54) is 0 Å². The van der Waals surface area contributed by atoms with Crippen LogP contribution in [0.15, 0.2) is 24.3 Å². The average molecular weight is 223 g/mol. The van der Waals surface area contributed by atoms with E-state index in [9.17, 15) is 4.79 Å². The molecular formula is C12H17NO3. The lowest BCUT2D eigenvalue weighted by Gasteiger charge is -2.08. The molecule has 0 aromatic heterocycles. The van der Waals surface area contributed by atoms with Gasteiger partial charge in [0.2, 0.25) is 0 Å². The van der Waals surface area contributed by atoms with Crippen molar-refractivity contribution in [3.05, 3.63) is 29.8 Å². The van der Waals surface area contributed by atoms with Gasteiger partial charge in [0, 0.05) is 12.1 Å². The lowest BCUT2D eigenvalue weighted by molar-refractivity contribution is 0.0924. The van der Waals surface area contributed by atoms with Gasteiger partial charge in [-0.1, -0.05) is 0 Å². The predicted molar refractivity (Wildman–Crippen MR) is 61.6 cm³/mol. The fourth-order valence-corrected chi connectivity index (χ4v) is 1.21. The fraction of sp³-hybridized carbons (Fsp3) is 0.417. The van der Waals surface area contributed by atoms with Gasteiger partial charge < -0.3 is 15.2 Å². The summed E-state index contributed by atoms with van der Waals surface area (Å²) in [6.07, 6.45) is -0.536. The summed E-state index contributed by atoms with van der Waals surface area (Å²) in [7, 11) is 0. The van der Waals surface area contributed by atoms with Gasteiger partial charge in [0.15, 0.2) is 0 Å². The first-order valence-corrected chi connectivity index (χ1v) is 5.32. The first kappa shape index (κ1) is 12.5. The van der Waals surface area contributed by atoms with E-state index < -0.39 is 6.10 Å². The monoisotopic (exact) mass is 223 g/mol. The minimum absolute atomic E-state index is 0.191. The van der Waals surface area contributed by atoms with Gasteiger partial charge in [-0.25, -0.2) is 0 Å². The first-order chi connectivity index (χ1) is 7.63. The second-order valence-electron chi connectivity index (χ2n) is 3.52. The molecule has 0 heterocycles. The quantitative estimate of drug-likeness (QED) is 0.788. The number of aliphatic hydroxyl groups excluding tert-OH is 1. The minimum Gasteiger partial charge on any atom is -0.494 e. The Morgan fingerprint density at radius 3 is 2.56 bits per heavy atom. The molecule has 0 aliphatic carbocycles. The summed E-state index contributed by atoms with van der Waals surface area (Å²) in [4.78, 5) is 11.6. The van der Waals surface area contributed by atoms with Gasteiger partial charge in [-0.05, 0) is 38.1 Å². The van der Waals surface area contributed by atoms with Gasteiger partial charge in [-0.2, -0.15) is 0 Å². The summed E-state index contributed by atoms with van der Waals surface area (Å²) < 4.78 is 5.27. The highest BCUT2D eigenvalue weighted by Gasteiger charge is 2.06. The Morgan fingerprint density at radius 1 is 1.44 bits per heavy atom. The molecule has 1 unspecified atom stereocenters. The Bertz CT molecular complexity index is 333. The van der Waals surface area contributed by atoms with Crippen molar-refractivity contribution in [2.45, 2.75) is 20.0 Å². The minimum atomic E-state index is -0.536. The molecule has 0 aliphatic rings. The van der Waals surface area contributed by atoms with E-state index in [2.05, 4.69) is 5.32 Å². The maximum atomic E-state index is 11.6. The van der Waals surface area contributed by atoms with Gasteiger partial charge in [0.25, 0.3) is 5.91 Å². The van der Waals surface area contributed by atoms with Gasteiger partial charge in [0.05, 0.1) is 12.7 Å². The molecule has 0 bridgehead atoms. The highest BCUT2D eigenvalue weighted by atomic mass is 16.5. The molecule has 2 N–H and O–H groups in total. The van der Waals surface area contributed by atoms with E-state index in [1.54, 1.807) is 31.2 Å². The third kappa shape index (κ3) is 3.90. The van der Waals surface area contributed by atoms with Crippen molar-refractivity contribution in [3.8, 4) is 5.75 Å². The Morgan fingerprint density at radius 2 is 2.06 bits per heavy atom. The van der Waals surface area contributed by atoms with E-state index in [1.807, 2.05) is 6.92 Å². The van der Waals surface area contributed by atoms with Crippen molar-refractivity contribution in [1.29, 1.82) is 0 Å². The first-order valence-electron chi connectivity index (χ1n) is 5.32. The van der Waals surface area contributed by atoms with Crippen LogP contribution in [-0.4, -0.2) is 30.3 Å². The summed E-state index contributed by atoms with van der Waals surface area (Å²) in [5, 5.41) is 11.6. The summed E-state index contributed by atoms with van der Waals surface area (Å²) in [6.45, 7) is 4.39. The standard InChI is InChI=1S/C12H17NO3/c1-3-16-11-6-4-10(5-7-11)12(15)13-8-9(2)14/h4-7,9,14H,3,8H2,1-2H3,(H,13,15). The molecule has 0 saturated carbocycles. The second kappa shape index (κ2) is 6.12. The molecular weight excluding hydrogens is 206 g/mol.